The SMILES string of the molecule is CCCCNS(=O)(=O)N[C@@H](CN)C(=O)OCC. The number of ether oxygens (including phenoxy) is 1. The summed E-state index contributed by atoms with van der Waals surface area (Å²) >= 11 is 0. The lowest BCUT2D eigenvalue weighted by Crippen LogP contribution is -2.50. The first-order valence-electron chi connectivity index (χ1n) is 5.60. The molecule has 0 heterocycles. The summed E-state index contributed by atoms with van der Waals surface area (Å²) in [6.45, 7) is 3.95. The summed E-state index contributed by atoms with van der Waals surface area (Å²) in [5.41, 5.74) is 5.31. The molecule has 0 fully saturated rings. The lowest BCUT2D eigenvalue weighted by molar-refractivity contribution is -0.144. The molecule has 0 aliphatic carbocycles. The van der Waals surface area contributed by atoms with Crippen molar-refractivity contribution in [2.24, 2.45) is 5.73 Å². The van der Waals surface area contributed by atoms with Gasteiger partial charge in [0.15, 0.2) is 0 Å². The van der Waals surface area contributed by atoms with Crippen LogP contribution in [0.3, 0.4) is 0 Å². The number of carbonyl (C=O) groups excluding carboxylic acids is 1. The maximum atomic E-state index is 11.5. The minimum atomic E-state index is -3.71. The Bertz CT molecular complexity index is 318. The summed E-state index contributed by atoms with van der Waals surface area (Å²) in [6.07, 6.45) is 1.61. The highest BCUT2D eigenvalue weighted by atomic mass is 32.2. The molecule has 0 aromatic heterocycles. The largest absolute Gasteiger partial charge is 0.465 e. The molecule has 0 aliphatic heterocycles. The van der Waals surface area contributed by atoms with Crippen LogP contribution in [-0.4, -0.2) is 40.1 Å². The lowest BCUT2D eigenvalue weighted by atomic mass is 10.3. The van der Waals surface area contributed by atoms with E-state index in [1.165, 1.54) is 0 Å². The fraction of sp³-hybridized carbons (Fsp3) is 0.889. The Balaban J connectivity index is 4.30. The van der Waals surface area contributed by atoms with Gasteiger partial charge in [-0.2, -0.15) is 13.1 Å². The topological polar surface area (TPSA) is 111 Å². The van der Waals surface area contributed by atoms with Gasteiger partial charge in [-0.15, -0.1) is 0 Å². The summed E-state index contributed by atoms with van der Waals surface area (Å²) in [5, 5.41) is 0. The Morgan fingerprint density at radius 1 is 1.41 bits per heavy atom. The van der Waals surface area contributed by atoms with Gasteiger partial charge in [0.2, 0.25) is 0 Å². The normalized spacial score (nSPS) is 13.4. The van der Waals surface area contributed by atoms with Crippen molar-refractivity contribution in [3.63, 3.8) is 0 Å². The molecule has 0 saturated heterocycles. The Kier molecular flexibility index (Phi) is 8.05. The molecule has 0 amide bonds. The first kappa shape index (κ1) is 16.3. The van der Waals surface area contributed by atoms with E-state index in [-0.39, 0.29) is 13.2 Å². The summed E-state index contributed by atoms with van der Waals surface area (Å²) in [5.74, 6) is -0.670. The van der Waals surface area contributed by atoms with Crippen LogP contribution in [0.1, 0.15) is 26.7 Å². The van der Waals surface area contributed by atoms with E-state index < -0.39 is 22.2 Å². The number of hydrogen-bond donors (Lipinski definition) is 3. The van der Waals surface area contributed by atoms with Gasteiger partial charge in [0, 0.05) is 13.1 Å². The molecule has 0 bridgehead atoms. The van der Waals surface area contributed by atoms with E-state index in [0.29, 0.717) is 6.54 Å². The fourth-order valence-electron chi connectivity index (χ4n) is 1.05. The highest BCUT2D eigenvalue weighted by Crippen LogP contribution is 1.91. The van der Waals surface area contributed by atoms with E-state index in [4.69, 9.17) is 10.5 Å². The van der Waals surface area contributed by atoms with E-state index in [2.05, 4.69) is 9.44 Å². The molecule has 17 heavy (non-hydrogen) atoms. The van der Waals surface area contributed by atoms with Gasteiger partial charge < -0.3 is 10.5 Å². The van der Waals surface area contributed by atoms with E-state index in [0.717, 1.165) is 12.8 Å². The maximum absolute atomic E-state index is 11.5. The van der Waals surface area contributed by atoms with Crippen molar-refractivity contribution in [3.05, 3.63) is 0 Å². The zero-order valence-electron chi connectivity index (χ0n) is 10.2. The first-order chi connectivity index (χ1) is 7.96. The van der Waals surface area contributed by atoms with Gasteiger partial charge in [-0.25, -0.2) is 4.72 Å². The van der Waals surface area contributed by atoms with Crippen molar-refractivity contribution in [3.8, 4) is 0 Å². The second-order valence-electron chi connectivity index (χ2n) is 3.41. The summed E-state index contributed by atoms with van der Waals surface area (Å²) < 4.78 is 32.2. The zero-order valence-corrected chi connectivity index (χ0v) is 11.0. The number of rotatable bonds is 9. The van der Waals surface area contributed by atoms with Gasteiger partial charge in [0.25, 0.3) is 10.2 Å². The minimum absolute atomic E-state index is 0.145. The summed E-state index contributed by atoms with van der Waals surface area (Å²) in [7, 11) is -3.71. The number of esters is 1. The lowest BCUT2D eigenvalue weighted by Gasteiger charge is -2.15. The molecule has 0 rings (SSSR count). The van der Waals surface area contributed by atoms with Gasteiger partial charge in [0.05, 0.1) is 6.61 Å². The molecule has 1 atom stereocenters. The van der Waals surface area contributed by atoms with Crippen LogP contribution in [0.4, 0.5) is 0 Å². The zero-order chi connectivity index (χ0) is 13.3. The van der Waals surface area contributed by atoms with Crippen LogP contribution in [-0.2, 0) is 19.7 Å². The van der Waals surface area contributed by atoms with E-state index in [1.54, 1.807) is 6.92 Å². The Hall–Kier alpha value is -0.700. The third kappa shape index (κ3) is 7.27. The van der Waals surface area contributed by atoms with Crippen LogP contribution >= 0.6 is 0 Å². The molecule has 0 radical (unpaired) electrons. The highest BCUT2D eigenvalue weighted by Gasteiger charge is 2.23. The van der Waals surface area contributed by atoms with Crippen LogP contribution in [0, 0.1) is 0 Å². The summed E-state index contributed by atoms with van der Waals surface area (Å²) in [6, 6.07) is -1.05. The number of unbranched alkanes of at least 4 members (excludes halogenated alkanes) is 1. The molecule has 0 aromatic carbocycles. The van der Waals surface area contributed by atoms with Crippen molar-refractivity contribution >= 4 is 16.2 Å². The third-order valence-corrected chi connectivity index (χ3v) is 3.11. The van der Waals surface area contributed by atoms with Gasteiger partial charge in [-0.3, -0.25) is 4.79 Å². The highest BCUT2D eigenvalue weighted by molar-refractivity contribution is 7.87. The van der Waals surface area contributed by atoms with Crippen molar-refractivity contribution in [2.75, 3.05) is 19.7 Å². The monoisotopic (exact) mass is 267 g/mol. The fourth-order valence-corrected chi connectivity index (χ4v) is 2.11. The number of nitrogens with one attached hydrogen (secondary N) is 2. The standard InChI is InChI=1S/C9H21N3O4S/c1-3-5-6-11-17(14,15)12-8(7-10)9(13)16-4-2/h8,11-12H,3-7,10H2,1-2H3/t8-/m0/s1. The Morgan fingerprint density at radius 2 is 2.06 bits per heavy atom. The molecule has 102 valence electrons. The molecule has 0 spiro atoms. The van der Waals surface area contributed by atoms with Gasteiger partial charge in [-0.05, 0) is 13.3 Å². The summed E-state index contributed by atoms with van der Waals surface area (Å²) in [4.78, 5) is 11.3. The minimum Gasteiger partial charge on any atom is -0.465 e. The average molecular weight is 267 g/mol. The second kappa shape index (κ2) is 8.40. The molecular weight excluding hydrogens is 246 g/mol. The van der Waals surface area contributed by atoms with E-state index in [1.807, 2.05) is 6.92 Å². The number of nitrogens with two attached hydrogens (primary N) is 1. The van der Waals surface area contributed by atoms with Crippen LogP contribution in [0.5, 0.6) is 0 Å². The number of hydrogen-bond acceptors (Lipinski definition) is 5. The molecule has 4 N–H and O–H groups in total. The second-order valence-corrected chi connectivity index (χ2v) is 4.94. The van der Waals surface area contributed by atoms with Crippen LogP contribution in [0.25, 0.3) is 0 Å². The predicted octanol–water partition coefficient (Wildman–Crippen LogP) is -0.899. The molecule has 7 nitrogen and oxygen atoms in total. The van der Waals surface area contributed by atoms with Crippen LogP contribution < -0.4 is 15.2 Å². The van der Waals surface area contributed by atoms with E-state index in [9.17, 15) is 13.2 Å². The van der Waals surface area contributed by atoms with Crippen LogP contribution in [0.2, 0.25) is 0 Å². The maximum Gasteiger partial charge on any atom is 0.325 e. The first-order valence-corrected chi connectivity index (χ1v) is 7.08. The van der Waals surface area contributed by atoms with Crippen molar-refractivity contribution in [1.29, 1.82) is 0 Å². The van der Waals surface area contributed by atoms with Gasteiger partial charge in [0.1, 0.15) is 6.04 Å². The average Bonchev–Trinajstić information content (AvgIpc) is 2.26. The van der Waals surface area contributed by atoms with Crippen molar-refractivity contribution < 1.29 is 17.9 Å². The van der Waals surface area contributed by atoms with Crippen LogP contribution in [0.15, 0.2) is 0 Å². The Labute approximate surface area is 102 Å². The molecule has 0 saturated carbocycles. The van der Waals surface area contributed by atoms with E-state index >= 15 is 0 Å². The predicted molar refractivity (Wildman–Crippen MR) is 64.4 cm³/mol. The molecule has 0 aromatic rings. The van der Waals surface area contributed by atoms with Gasteiger partial charge >= 0.3 is 5.97 Å². The molecular formula is C9H21N3O4S. The Morgan fingerprint density at radius 3 is 2.53 bits per heavy atom. The number of carbonyl (C=O) groups is 1. The molecule has 8 heteroatoms. The van der Waals surface area contributed by atoms with Gasteiger partial charge in [-0.1, -0.05) is 13.3 Å². The van der Waals surface area contributed by atoms with Crippen molar-refractivity contribution in [2.45, 2.75) is 32.7 Å². The van der Waals surface area contributed by atoms with Crippen molar-refractivity contribution in [1.82, 2.24) is 9.44 Å². The molecule has 0 aliphatic rings. The quantitative estimate of drug-likeness (QED) is 0.370. The third-order valence-electron chi connectivity index (χ3n) is 1.93. The smallest absolute Gasteiger partial charge is 0.325 e. The molecule has 0 unspecified atom stereocenters.